The highest BCUT2D eigenvalue weighted by atomic mass is 32.1. The van der Waals surface area contributed by atoms with Gasteiger partial charge in [-0.05, 0) is 17.7 Å². The number of nitrogens with zero attached hydrogens (tertiary/aromatic N) is 2. The minimum absolute atomic E-state index is 0.0439. The molecule has 0 saturated carbocycles. The standard InChI is InChI=1S/C25H22N4O7S/c1-34-23(32)16-13-37-24(26-16)28-21(30)17(12-14-6-3-2-4-7-14)29-22(31)19(27-25(29)33)15-8-5-9-18-20(15)36-11-10-35-18/h2-9,13,17,31H,10-12H2,1H3,(H,27,33)(H,26,28,30)/t17-/m0/s1. The molecule has 0 bridgehead atoms. The Bertz CT molecular complexity index is 1510. The number of H-pyrrole nitrogens is 1. The molecule has 3 N–H and O–H groups in total. The average Bonchev–Trinajstić information content (AvgIpc) is 3.50. The van der Waals surface area contributed by atoms with Gasteiger partial charge in [0.05, 0.1) is 7.11 Å². The van der Waals surface area contributed by atoms with Crippen LogP contribution in [0, 0.1) is 0 Å². The lowest BCUT2D eigenvalue weighted by Gasteiger charge is -2.21. The number of imidazole rings is 1. The Labute approximate surface area is 214 Å². The van der Waals surface area contributed by atoms with Crippen LogP contribution in [0.4, 0.5) is 5.13 Å². The van der Waals surface area contributed by atoms with Gasteiger partial charge in [0.25, 0.3) is 0 Å². The number of aromatic hydroxyl groups is 1. The number of anilines is 1. The third-order valence-electron chi connectivity index (χ3n) is 5.75. The van der Waals surface area contributed by atoms with Crippen molar-refractivity contribution in [2.45, 2.75) is 12.5 Å². The minimum Gasteiger partial charge on any atom is -0.493 e. The van der Waals surface area contributed by atoms with E-state index < -0.39 is 29.5 Å². The number of benzene rings is 2. The van der Waals surface area contributed by atoms with E-state index in [2.05, 4.69) is 20.0 Å². The number of esters is 1. The Morgan fingerprint density at radius 3 is 2.76 bits per heavy atom. The number of hydrogen-bond donors (Lipinski definition) is 3. The van der Waals surface area contributed by atoms with Crippen LogP contribution in [0.1, 0.15) is 22.1 Å². The number of aromatic nitrogens is 3. The second-order valence-corrected chi connectivity index (χ2v) is 8.91. The number of para-hydroxylation sites is 1. The van der Waals surface area contributed by atoms with Gasteiger partial charge in [-0.25, -0.2) is 19.1 Å². The van der Waals surface area contributed by atoms with Gasteiger partial charge >= 0.3 is 11.7 Å². The summed E-state index contributed by atoms with van der Waals surface area (Å²) in [6, 6.07) is 13.1. The lowest BCUT2D eigenvalue weighted by molar-refractivity contribution is -0.119. The summed E-state index contributed by atoms with van der Waals surface area (Å²) in [6.45, 7) is 0.698. The zero-order valence-corrected chi connectivity index (χ0v) is 20.4. The monoisotopic (exact) mass is 522 g/mol. The normalized spacial score (nSPS) is 13.1. The molecule has 11 nitrogen and oxygen atoms in total. The average molecular weight is 523 g/mol. The molecule has 1 atom stereocenters. The van der Waals surface area contributed by atoms with E-state index in [1.807, 2.05) is 30.3 Å². The lowest BCUT2D eigenvalue weighted by Crippen LogP contribution is -2.33. The van der Waals surface area contributed by atoms with Crippen molar-refractivity contribution < 1.29 is 28.9 Å². The number of carbonyl (C=O) groups excluding carboxylic acids is 2. The van der Waals surface area contributed by atoms with Crippen LogP contribution < -0.4 is 20.5 Å². The van der Waals surface area contributed by atoms with E-state index in [4.69, 9.17) is 9.47 Å². The summed E-state index contributed by atoms with van der Waals surface area (Å²) < 4.78 is 17.0. The largest absolute Gasteiger partial charge is 0.493 e. The molecule has 0 fully saturated rings. The molecule has 1 amide bonds. The molecular formula is C25H22N4O7S. The number of methoxy groups -OCH3 is 1. The Kier molecular flexibility index (Phi) is 6.64. The van der Waals surface area contributed by atoms with Gasteiger partial charge < -0.3 is 29.6 Å². The summed E-state index contributed by atoms with van der Waals surface area (Å²) in [7, 11) is 1.23. The topological polar surface area (TPSA) is 145 Å². The van der Waals surface area contributed by atoms with E-state index >= 15 is 0 Å². The van der Waals surface area contributed by atoms with Crippen LogP contribution in [-0.2, 0) is 16.0 Å². The molecule has 2 aromatic carbocycles. The zero-order chi connectivity index (χ0) is 25.9. The van der Waals surface area contributed by atoms with Crippen LogP contribution in [0.25, 0.3) is 11.3 Å². The Morgan fingerprint density at radius 2 is 1.97 bits per heavy atom. The van der Waals surface area contributed by atoms with Gasteiger partial charge in [0.15, 0.2) is 22.3 Å². The number of ether oxygens (including phenoxy) is 3. The smallest absolute Gasteiger partial charge is 0.357 e. The first-order chi connectivity index (χ1) is 18.0. The van der Waals surface area contributed by atoms with Gasteiger partial charge in [-0.3, -0.25) is 4.79 Å². The third kappa shape index (κ3) is 4.78. The number of hydrogen-bond acceptors (Lipinski definition) is 9. The molecule has 37 heavy (non-hydrogen) atoms. The highest BCUT2D eigenvalue weighted by Gasteiger charge is 2.30. The predicted molar refractivity (Wildman–Crippen MR) is 134 cm³/mol. The van der Waals surface area contributed by atoms with Crippen molar-refractivity contribution >= 4 is 28.3 Å². The molecule has 1 aliphatic heterocycles. The van der Waals surface area contributed by atoms with Crippen molar-refractivity contribution in [2.24, 2.45) is 0 Å². The van der Waals surface area contributed by atoms with Gasteiger partial charge in [-0.1, -0.05) is 36.4 Å². The molecule has 0 aliphatic carbocycles. The number of nitrogens with one attached hydrogen (secondary N) is 2. The van der Waals surface area contributed by atoms with Gasteiger partial charge in [0.2, 0.25) is 11.8 Å². The van der Waals surface area contributed by atoms with Crippen LogP contribution in [0.15, 0.2) is 58.7 Å². The van der Waals surface area contributed by atoms with Crippen LogP contribution in [0.3, 0.4) is 0 Å². The molecule has 4 aromatic rings. The van der Waals surface area contributed by atoms with Crippen molar-refractivity contribution in [3.05, 3.63) is 75.7 Å². The number of amides is 1. The first-order valence-electron chi connectivity index (χ1n) is 11.3. The maximum Gasteiger partial charge on any atom is 0.357 e. The SMILES string of the molecule is COC(=O)c1csc(NC(=O)[C@H](Cc2ccccc2)n2c(O)c(-c3cccc4c3OCCO4)[nH]c2=O)n1. The summed E-state index contributed by atoms with van der Waals surface area (Å²) in [5.41, 5.74) is 0.641. The zero-order valence-electron chi connectivity index (χ0n) is 19.6. The highest BCUT2D eigenvalue weighted by molar-refractivity contribution is 7.14. The van der Waals surface area contributed by atoms with Gasteiger partial charge in [0.1, 0.15) is 24.9 Å². The molecule has 3 heterocycles. The summed E-state index contributed by atoms with van der Waals surface area (Å²) in [4.78, 5) is 45.1. The van der Waals surface area contributed by atoms with Crippen molar-refractivity contribution in [1.82, 2.24) is 14.5 Å². The van der Waals surface area contributed by atoms with Crippen LogP contribution in [-0.4, -0.2) is 51.8 Å². The highest BCUT2D eigenvalue weighted by Crippen LogP contribution is 2.42. The Morgan fingerprint density at radius 1 is 1.19 bits per heavy atom. The second-order valence-electron chi connectivity index (χ2n) is 8.05. The summed E-state index contributed by atoms with van der Waals surface area (Å²) in [6.07, 6.45) is 0.0964. The summed E-state index contributed by atoms with van der Waals surface area (Å²) in [5.74, 6) is -0.801. The van der Waals surface area contributed by atoms with Gasteiger partial charge in [0, 0.05) is 17.4 Å². The number of aromatic amines is 1. The van der Waals surface area contributed by atoms with Gasteiger partial charge in [-0.2, -0.15) is 0 Å². The van der Waals surface area contributed by atoms with Crippen molar-refractivity contribution in [1.29, 1.82) is 0 Å². The fourth-order valence-corrected chi connectivity index (χ4v) is 4.73. The van der Waals surface area contributed by atoms with Gasteiger partial charge in [-0.15, -0.1) is 11.3 Å². The molecular weight excluding hydrogens is 500 g/mol. The van der Waals surface area contributed by atoms with Crippen molar-refractivity contribution in [3.63, 3.8) is 0 Å². The third-order valence-corrected chi connectivity index (χ3v) is 6.51. The van der Waals surface area contributed by atoms with E-state index in [9.17, 15) is 19.5 Å². The van der Waals surface area contributed by atoms with E-state index in [1.165, 1.54) is 12.5 Å². The van der Waals surface area contributed by atoms with Crippen LogP contribution in [0.2, 0.25) is 0 Å². The van der Waals surface area contributed by atoms with E-state index in [1.54, 1.807) is 18.2 Å². The molecule has 0 saturated heterocycles. The van der Waals surface area contributed by atoms with Crippen molar-refractivity contribution in [2.75, 3.05) is 25.6 Å². The molecule has 0 spiro atoms. The molecule has 0 unspecified atom stereocenters. The predicted octanol–water partition coefficient (Wildman–Crippen LogP) is 2.99. The lowest BCUT2D eigenvalue weighted by atomic mass is 10.0. The van der Waals surface area contributed by atoms with E-state index in [0.29, 0.717) is 30.3 Å². The molecule has 1 aliphatic rings. The number of rotatable bonds is 7. The first-order valence-corrected chi connectivity index (χ1v) is 12.1. The first kappa shape index (κ1) is 24.1. The minimum atomic E-state index is -1.15. The fourth-order valence-electron chi connectivity index (χ4n) is 4.04. The van der Waals surface area contributed by atoms with Crippen molar-refractivity contribution in [3.8, 4) is 28.6 Å². The second kappa shape index (κ2) is 10.2. The summed E-state index contributed by atoms with van der Waals surface area (Å²) in [5, 5.41) is 15.5. The van der Waals surface area contributed by atoms with Crippen LogP contribution >= 0.6 is 11.3 Å². The Balaban J connectivity index is 1.53. The van der Waals surface area contributed by atoms with E-state index in [0.717, 1.165) is 21.5 Å². The summed E-state index contributed by atoms with van der Waals surface area (Å²) >= 11 is 1.03. The number of fused-ring (bicyclic) bond motifs is 1. The molecule has 190 valence electrons. The molecule has 0 radical (unpaired) electrons. The maximum absolute atomic E-state index is 13.5. The van der Waals surface area contributed by atoms with Crippen LogP contribution in [0.5, 0.6) is 17.4 Å². The maximum atomic E-state index is 13.5. The number of carbonyl (C=O) groups is 2. The quantitative estimate of drug-likeness (QED) is 0.314. The molecule has 2 aromatic heterocycles. The molecule has 5 rings (SSSR count). The Hall–Kier alpha value is -4.58. The fraction of sp³-hybridized carbons (Fsp3) is 0.200. The van der Waals surface area contributed by atoms with E-state index in [-0.39, 0.29) is 22.9 Å². The number of thiazole rings is 1. The molecule has 12 heteroatoms.